The molecule has 3 N–H and O–H groups in total. The molecule has 0 saturated carbocycles. The second kappa shape index (κ2) is 6.99. The summed E-state index contributed by atoms with van der Waals surface area (Å²) in [6.07, 6.45) is 1.06. The first-order valence-electron chi connectivity index (χ1n) is 6.01. The Bertz CT molecular complexity index is 477. The first-order valence-corrected chi connectivity index (χ1v) is 6.39. The molecule has 1 aromatic rings. The predicted molar refractivity (Wildman–Crippen MR) is 74.7 cm³/mol. The van der Waals surface area contributed by atoms with E-state index >= 15 is 0 Å². The van der Waals surface area contributed by atoms with E-state index in [2.05, 4.69) is 10.6 Å². The predicted octanol–water partition coefficient (Wildman–Crippen LogP) is 3.02. The summed E-state index contributed by atoms with van der Waals surface area (Å²) < 4.78 is 0. The fraction of sp³-hybridized carbons (Fsp3) is 0.385. The van der Waals surface area contributed by atoms with E-state index in [-0.39, 0.29) is 0 Å². The zero-order valence-corrected chi connectivity index (χ0v) is 11.6. The van der Waals surface area contributed by atoms with Crippen molar-refractivity contribution in [2.75, 3.05) is 5.32 Å². The maximum atomic E-state index is 11.7. The number of hydrogen-bond acceptors (Lipinski definition) is 2. The van der Waals surface area contributed by atoms with Gasteiger partial charge in [0, 0.05) is 10.7 Å². The van der Waals surface area contributed by atoms with Gasteiger partial charge in [0.2, 0.25) is 0 Å². The van der Waals surface area contributed by atoms with E-state index in [9.17, 15) is 9.59 Å². The van der Waals surface area contributed by atoms with E-state index in [0.29, 0.717) is 23.6 Å². The van der Waals surface area contributed by atoms with Crippen LogP contribution in [0.4, 0.5) is 10.5 Å². The van der Waals surface area contributed by atoms with E-state index in [1.54, 1.807) is 25.1 Å². The van der Waals surface area contributed by atoms with Gasteiger partial charge in [0.15, 0.2) is 0 Å². The zero-order chi connectivity index (χ0) is 14.4. The minimum atomic E-state index is -1.04. The molecule has 1 atom stereocenters. The van der Waals surface area contributed by atoms with Crippen molar-refractivity contribution >= 4 is 29.3 Å². The molecule has 1 rings (SSSR count). The topological polar surface area (TPSA) is 78.4 Å². The molecule has 0 saturated heterocycles. The van der Waals surface area contributed by atoms with Crippen LogP contribution >= 0.6 is 11.6 Å². The van der Waals surface area contributed by atoms with Crippen molar-refractivity contribution in [2.45, 2.75) is 32.7 Å². The number of rotatable bonds is 5. The number of aliphatic carboxylic acids is 1. The third kappa shape index (κ3) is 4.44. The number of benzene rings is 1. The van der Waals surface area contributed by atoms with Crippen LogP contribution in [0, 0.1) is 6.92 Å². The molecule has 0 radical (unpaired) electrons. The molecule has 5 nitrogen and oxygen atoms in total. The van der Waals surface area contributed by atoms with Crippen molar-refractivity contribution < 1.29 is 14.7 Å². The van der Waals surface area contributed by atoms with Gasteiger partial charge in [0.25, 0.3) is 0 Å². The average Bonchev–Trinajstić information content (AvgIpc) is 2.34. The largest absolute Gasteiger partial charge is 0.480 e. The lowest BCUT2D eigenvalue weighted by atomic mass is 10.2. The SMILES string of the molecule is CCC[C@@H](NC(=O)Nc1cccc(Cl)c1C)C(=O)O. The first kappa shape index (κ1) is 15.3. The number of carboxylic acids is 1. The molecule has 0 bridgehead atoms. The molecule has 0 aliphatic rings. The van der Waals surface area contributed by atoms with Gasteiger partial charge in [-0.2, -0.15) is 0 Å². The number of hydrogen-bond donors (Lipinski definition) is 3. The summed E-state index contributed by atoms with van der Waals surface area (Å²) in [5.74, 6) is -1.04. The molecule has 0 aliphatic carbocycles. The van der Waals surface area contributed by atoms with E-state index in [1.165, 1.54) is 0 Å². The molecule has 0 spiro atoms. The van der Waals surface area contributed by atoms with E-state index < -0.39 is 18.0 Å². The normalized spacial score (nSPS) is 11.7. The molecule has 19 heavy (non-hydrogen) atoms. The Hall–Kier alpha value is -1.75. The Kier molecular flexibility index (Phi) is 5.63. The van der Waals surface area contributed by atoms with Crippen LogP contribution in [-0.2, 0) is 4.79 Å². The molecule has 104 valence electrons. The molecule has 0 heterocycles. The molecule has 0 aliphatic heterocycles. The van der Waals surface area contributed by atoms with Crippen LogP contribution in [-0.4, -0.2) is 23.1 Å². The van der Waals surface area contributed by atoms with E-state index in [4.69, 9.17) is 16.7 Å². The highest BCUT2D eigenvalue weighted by Gasteiger charge is 2.19. The monoisotopic (exact) mass is 284 g/mol. The summed E-state index contributed by atoms with van der Waals surface area (Å²) in [5, 5.41) is 14.5. The third-order valence-corrected chi connectivity index (χ3v) is 3.11. The fourth-order valence-corrected chi connectivity index (χ4v) is 1.78. The Morgan fingerprint density at radius 3 is 2.68 bits per heavy atom. The van der Waals surface area contributed by atoms with Crippen molar-refractivity contribution in [2.24, 2.45) is 0 Å². The summed E-state index contributed by atoms with van der Waals surface area (Å²) in [7, 11) is 0. The molecular weight excluding hydrogens is 268 g/mol. The summed E-state index contributed by atoms with van der Waals surface area (Å²) in [5.41, 5.74) is 1.30. The number of amides is 2. The van der Waals surface area contributed by atoms with Gasteiger partial charge >= 0.3 is 12.0 Å². The van der Waals surface area contributed by atoms with Gasteiger partial charge in [-0.1, -0.05) is 31.0 Å². The van der Waals surface area contributed by atoms with Crippen LogP contribution in [0.3, 0.4) is 0 Å². The number of nitrogens with one attached hydrogen (secondary N) is 2. The maximum Gasteiger partial charge on any atom is 0.326 e. The van der Waals surface area contributed by atoms with Crippen molar-refractivity contribution in [3.05, 3.63) is 28.8 Å². The highest BCUT2D eigenvalue weighted by Crippen LogP contribution is 2.22. The minimum Gasteiger partial charge on any atom is -0.480 e. The van der Waals surface area contributed by atoms with Gasteiger partial charge in [-0.15, -0.1) is 0 Å². The van der Waals surface area contributed by atoms with Crippen LogP contribution < -0.4 is 10.6 Å². The zero-order valence-electron chi connectivity index (χ0n) is 10.9. The van der Waals surface area contributed by atoms with Crippen LogP contribution in [0.15, 0.2) is 18.2 Å². The van der Waals surface area contributed by atoms with E-state index in [0.717, 1.165) is 5.56 Å². The molecule has 1 aromatic carbocycles. The molecule has 0 unspecified atom stereocenters. The summed E-state index contributed by atoms with van der Waals surface area (Å²) >= 11 is 5.94. The highest BCUT2D eigenvalue weighted by molar-refractivity contribution is 6.31. The number of urea groups is 1. The standard InChI is InChI=1S/C13H17ClN2O3/c1-3-5-11(12(17)18)16-13(19)15-10-7-4-6-9(14)8(10)2/h4,6-7,11H,3,5H2,1-2H3,(H,17,18)(H2,15,16,19)/t11-/m1/s1. The maximum absolute atomic E-state index is 11.7. The quantitative estimate of drug-likeness (QED) is 0.777. The van der Waals surface area contributed by atoms with Gasteiger partial charge in [0.1, 0.15) is 6.04 Å². The Morgan fingerprint density at radius 1 is 1.42 bits per heavy atom. The van der Waals surface area contributed by atoms with Crippen LogP contribution in [0.25, 0.3) is 0 Å². The van der Waals surface area contributed by atoms with Gasteiger partial charge in [-0.3, -0.25) is 0 Å². The van der Waals surface area contributed by atoms with Crippen LogP contribution in [0.1, 0.15) is 25.3 Å². The molecule has 2 amide bonds. The smallest absolute Gasteiger partial charge is 0.326 e. The number of carbonyl (C=O) groups excluding carboxylic acids is 1. The molecule has 0 fully saturated rings. The second-order valence-corrected chi connectivity index (χ2v) is 4.60. The van der Waals surface area contributed by atoms with Gasteiger partial charge < -0.3 is 15.7 Å². The van der Waals surface area contributed by atoms with Gasteiger partial charge in [-0.05, 0) is 31.0 Å². The van der Waals surface area contributed by atoms with Crippen LogP contribution in [0.5, 0.6) is 0 Å². The number of anilines is 1. The molecule has 6 heteroatoms. The molecule has 0 aromatic heterocycles. The Balaban J connectivity index is 2.69. The highest BCUT2D eigenvalue weighted by atomic mass is 35.5. The lowest BCUT2D eigenvalue weighted by Crippen LogP contribution is -2.42. The summed E-state index contributed by atoms with van der Waals surface area (Å²) in [4.78, 5) is 22.7. The molecular formula is C13H17ClN2O3. The first-order chi connectivity index (χ1) is 8.95. The fourth-order valence-electron chi connectivity index (χ4n) is 1.61. The average molecular weight is 285 g/mol. The lowest BCUT2D eigenvalue weighted by molar-refractivity contribution is -0.139. The number of halogens is 1. The Labute approximate surface area is 117 Å². The van der Waals surface area contributed by atoms with E-state index in [1.807, 2.05) is 6.92 Å². The number of carbonyl (C=O) groups is 2. The van der Waals surface area contributed by atoms with Crippen molar-refractivity contribution in [3.8, 4) is 0 Å². The minimum absolute atomic E-state index is 0.386. The van der Waals surface area contributed by atoms with Crippen molar-refractivity contribution in [1.29, 1.82) is 0 Å². The third-order valence-electron chi connectivity index (χ3n) is 2.70. The number of carboxylic acid groups (broad SMARTS) is 1. The summed E-state index contributed by atoms with van der Waals surface area (Å²) in [6.45, 7) is 3.63. The van der Waals surface area contributed by atoms with Crippen LogP contribution in [0.2, 0.25) is 5.02 Å². The van der Waals surface area contributed by atoms with Gasteiger partial charge in [-0.25, -0.2) is 9.59 Å². The Morgan fingerprint density at radius 2 is 2.11 bits per heavy atom. The summed E-state index contributed by atoms with van der Waals surface area (Å²) in [6, 6.07) is 3.70. The second-order valence-electron chi connectivity index (χ2n) is 4.19. The van der Waals surface area contributed by atoms with Crippen molar-refractivity contribution in [1.82, 2.24) is 5.32 Å². The lowest BCUT2D eigenvalue weighted by Gasteiger charge is -2.15. The van der Waals surface area contributed by atoms with Gasteiger partial charge in [0.05, 0.1) is 0 Å². The van der Waals surface area contributed by atoms with Crippen molar-refractivity contribution in [3.63, 3.8) is 0 Å².